The lowest BCUT2D eigenvalue weighted by molar-refractivity contribution is -0.115. The number of carbonyl (C=O) groups is 1. The van der Waals surface area contributed by atoms with Crippen molar-refractivity contribution in [2.24, 2.45) is 10.7 Å². The Labute approximate surface area is 170 Å². The van der Waals surface area contributed by atoms with Crippen molar-refractivity contribution < 1.29 is 9.90 Å². The van der Waals surface area contributed by atoms with Crippen LogP contribution in [0.2, 0.25) is 0 Å². The summed E-state index contributed by atoms with van der Waals surface area (Å²) in [6.07, 6.45) is 1.77. The van der Waals surface area contributed by atoms with Crippen molar-refractivity contribution >= 4 is 47.3 Å². The highest BCUT2D eigenvalue weighted by Gasteiger charge is 2.28. The fourth-order valence-electron chi connectivity index (χ4n) is 2.62. The molecule has 1 amide bonds. The minimum atomic E-state index is -0.358. The monoisotopic (exact) mass is 410 g/mol. The predicted octanol–water partition coefficient (Wildman–Crippen LogP) is 3.86. The number of carbonyl (C=O) groups excluding carboxylic acids is 1. The minimum Gasteiger partial charge on any atom is -0.507 e. The number of nitrogens with two attached hydrogens (primary N) is 1. The number of thioether (sulfide) groups is 1. The Kier molecular flexibility index (Phi) is 6.78. The Bertz CT molecular complexity index is 798. The molecule has 1 fully saturated rings. The van der Waals surface area contributed by atoms with Crippen LogP contribution in [0.5, 0.6) is 5.75 Å². The third-order valence-electron chi connectivity index (χ3n) is 3.92. The number of nitrogens with zero attached hydrogens (tertiary/aromatic N) is 1. The first-order chi connectivity index (χ1) is 11.8. The molecule has 1 aliphatic rings. The zero-order valence-electron chi connectivity index (χ0n) is 16.4. The van der Waals surface area contributed by atoms with E-state index in [1.54, 1.807) is 6.08 Å². The zero-order chi connectivity index (χ0) is 19.9. The van der Waals surface area contributed by atoms with E-state index in [-0.39, 0.29) is 35.1 Å². The second-order valence-electron chi connectivity index (χ2n) is 8.33. The molecule has 1 heterocycles. The third kappa shape index (κ3) is 5.49. The van der Waals surface area contributed by atoms with E-state index in [1.807, 2.05) is 53.7 Å². The van der Waals surface area contributed by atoms with Crippen LogP contribution in [0.15, 0.2) is 22.0 Å². The number of phenols is 1. The molecule has 1 saturated heterocycles. The summed E-state index contributed by atoms with van der Waals surface area (Å²) in [4.78, 5) is 16.4. The molecule has 1 aromatic carbocycles. The number of hydrogen-bond acceptors (Lipinski definition) is 4. The Hall–Kier alpha value is -1.99. The quantitative estimate of drug-likeness (QED) is 0.320. The van der Waals surface area contributed by atoms with Gasteiger partial charge < -0.3 is 16.2 Å². The minimum absolute atomic E-state index is 0. The zero-order valence-corrected chi connectivity index (χ0v) is 18.1. The SMILES string of the molecule is CC(C)(C)c1cc(C=C2S/C(=N\C(=N)N)NC2=O)cc(C(C)(C)C)c1O.Cl. The van der Waals surface area contributed by atoms with Gasteiger partial charge in [0, 0.05) is 11.1 Å². The number of phenolic OH excluding ortho intramolecular Hbond substituents is 1. The summed E-state index contributed by atoms with van der Waals surface area (Å²) in [6, 6.07) is 3.82. The maximum atomic E-state index is 12.2. The van der Waals surface area contributed by atoms with Crippen molar-refractivity contribution in [2.45, 2.75) is 52.4 Å². The molecular formula is C19H27ClN4O2S. The second-order valence-corrected chi connectivity index (χ2v) is 9.36. The molecule has 1 aliphatic heterocycles. The average Bonchev–Trinajstić information content (AvgIpc) is 2.77. The van der Waals surface area contributed by atoms with Gasteiger partial charge >= 0.3 is 0 Å². The van der Waals surface area contributed by atoms with Crippen LogP contribution in [0.1, 0.15) is 58.2 Å². The number of halogens is 1. The molecule has 148 valence electrons. The molecule has 0 saturated carbocycles. The molecule has 0 spiro atoms. The maximum Gasteiger partial charge on any atom is 0.264 e. The summed E-state index contributed by atoms with van der Waals surface area (Å²) in [5.41, 5.74) is 7.26. The number of guanidine groups is 1. The van der Waals surface area contributed by atoms with E-state index < -0.39 is 0 Å². The highest BCUT2D eigenvalue weighted by molar-refractivity contribution is 8.18. The van der Waals surface area contributed by atoms with Crippen molar-refractivity contribution in [1.29, 1.82) is 5.41 Å². The Balaban J connectivity index is 0.00000364. The van der Waals surface area contributed by atoms with E-state index in [0.29, 0.717) is 15.8 Å². The molecule has 27 heavy (non-hydrogen) atoms. The summed E-state index contributed by atoms with van der Waals surface area (Å²) >= 11 is 1.14. The largest absolute Gasteiger partial charge is 0.507 e. The topological polar surface area (TPSA) is 112 Å². The van der Waals surface area contributed by atoms with Gasteiger partial charge in [0.25, 0.3) is 5.91 Å². The van der Waals surface area contributed by atoms with E-state index in [2.05, 4.69) is 10.3 Å². The molecular weight excluding hydrogens is 384 g/mol. The number of hydrogen-bond donors (Lipinski definition) is 4. The molecule has 0 bridgehead atoms. The van der Waals surface area contributed by atoms with E-state index in [1.165, 1.54) is 0 Å². The lowest BCUT2D eigenvalue weighted by Crippen LogP contribution is -2.22. The van der Waals surface area contributed by atoms with Crippen molar-refractivity contribution in [3.8, 4) is 5.75 Å². The van der Waals surface area contributed by atoms with Gasteiger partial charge in [-0.05, 0) is 46.4 Å². The number of amidine groups is 1. The van der Waals surface area contributed by atoms with Crippen molar-refractivity contribution in [3.63, 3.8) is 0 Å². The molecule has 0 atom stereocenters. The van der Waals surface area contributed by atoms with Crippen LogP contribution in [-0.4, -0.2) is 22.1 Å². The predicted molar refractivity (Wildman–Crippen MR) is 116 cm³/mol. The molecule has 0 unspecified atom stereocenters. The summed E-state index contributed by atoms with van der Waals surface area (Å²) in [5.74, 6) is -0.337. The van der Waals surface area contributed by atoms with Crippen LogP contribution < -0.4 is 11.1 Å². The van der Waals surface area contributed by atoms with Gasteiger partial charge in [0.2, 0.25) is 5.96 Å². The highest BCUT2D eigenvalue weighted by atomic mass is 35.5. The molecule has 1 aromatic rings. The highest BCUT2D eigenvalue weighted by Crippen LogP contribution is 2.40. The Morgan fingerprint density at radius 2 is 1.67 bits per heavy atom. The van der Waals surface area contributed by atoms with E-state index in [0.717, 1.165) is 28.5 Å². The fraction of sp³-hybridized carbons (Fsp3) is 0.421. The fourth-order valence-corrected chi connectivity index (χ4v) is 3.46. The van der Waals surface area contributed by atoms with E-state index >= 15 is 0 Å². The summed E-state index contributed by atoms with van der Waals surface area (Å²) in [7, 11) is 0. The summed E-state index contributed by atoms with van der Waals surface area (Å²) in [5, 5.41) is 20.9. The van der Waals surface area contributed by atoms with Crippen LogP contribution >= 0.6 is 24.2 Å². The number of amides is 1. The first-order valence-electron chi connectivity index (χ1n) is 8.30. The first-order valence-corrected chi connectivity index (χ1v) is 9.12. The summed E-state index contributed by atoms with van der Waals surface area (Å²) < 4.78 is 0. The third-order valence-corrected chi connectivity index (χ3v) is 4.83. The first kappa shape index (κ1) is 23.0. The smallest absolute Gasteiger partial charge is 0.264 e. The molecule has 8 heteroatoms. The summed E-state index contributed by atoms with van der Waals surface area (Å²) in [6.45, 7) is 12.3. The lowest BCUT2D eigenvalue weighted by atomic mass is 9.78. The average molecular weight is 411 g/mol. The van der Waals surface area contributed by atoms with Crippen LogP contribution in [0.4, 0.5) is 0 Å². The standard InChI is InChI=1S/C19H26N4O2S.ClH/c1-18(2,3)11-7-10(8-12(14(11)24)19(4,5)6)9-13-15(25)22-17(26-13)23-16(20)21;/h7-9,24H,1-6H3,(H4,20,21,22,23,25);1H. The van der Waals surface area contributed by atoms with Gasteiger partial charge in [-0.2, -0.15) is 4.99 Å². The molecule has 0 aliphatic carbocycles. The van der Waals surface area contributed by atoms with E-state index in [4.69, 9.17) is 11.1 Å². The number of benzene rings is 1. The van der Waals surface area contributed by atoms with Gasteiger partial charge in [0.15, 0.2) is 5.17 Å². The normalized spacial score (nSPS) is 17.8. The van der Waals surface area contributed by atoms with Crippen molar-refractivity contribution in [1.82, 2.24) is 5.32 Å². The van der Waals surface area contributed by atoms with Crippen LogP contribution in [0.25, 0.3) is 6.08 Å². The Morgan fingerprint density at radius 3 is 2.07 bits per heavy atom. The number of aromatic hydroxyl groups is 1. The molecule has 5 N–H and O–H groups in total. The molecule has 6 nitrogen and oxygen atoms in total. The number of nitrogens with one attached hydrogen (secondary N) is 2. The van der Waals surface area contributed by atoms with Crippen LogP contribution in [0, 0.1) is 5.41 Å². The second kappa shape index (κ2) is 7.94. The van der Waals surface area contributed by atoms with E-state index in [9.17, 15) is 9.90 Å². The van der Waals surface area contributed by atoms with Crippen molar-refractivity contribution in [2.75, 3.05) is 0 Å². The molecule has 2 rings (SSSR count). The van der Waals surface area contributed by atoms with Crippen molar-refractivity contribution in [3.05, 3.63) is 33.7 Å². The van der Waals surface area contributed by atoms with Gasteiger partial charge in [0.05, 0.1) is 4.91 Å². The number of rotatable bonds is 1. The van der Waals surface area contributed by atoms with Gasteiger partial charge in [-0.3, -0.25) is 10.2 Å². The van der Waals surface area contributed by atoms with Gasteiger partial charge in [-0.25, -0.2) is 0 Å². The van der Waals surface area contributed by atoms with Crippen LogP contribution in [0.3, 0.4) is 0 Å². The Morgan fingerprint density at radius 1 is 1.19 bits per heavy atom. The van der Waals surface area contributed by atoms with Crippen LogP contribution in [-0.2, 0) is 15.6 Å². The van der Waals surface area contributed by atoms with Gasteiger partial charge in [0.1, 0.15) is 5.75 Å². The maximum absolute atomic E-state index is 12.2. The van der Waals surface area contributed by atoms with Gasteiger partial charge in [-0.1, -0.05) is 41.5 Å². The number of aliphatic imine (C=N–C) groups is 1. The van der Waals surface area contributed by atoms with Gasteiger partial charge in [-0.15, -0.1) is 12.4 Å². The molecule has 0 aromatic heterocycles. The molecule has 0 radical (unpaired) electrons. The lowest BCUT2D eigenvalue weighted by Gasteiger charge is -2.28.